The van der Waals surface area contributed by atoms with E-state index in [4.69, 9.17) is 15.1 Å². The summed E-state index contributed by atoms with van der Waals surface area (Å²) in [5.74, 6) is 1.23. The first-order chi connectivity index (χ1) is 9.71. The molecular formula is C16H24N2O2. The number of benzene rings is 1. The van der Waals surface area contributed by atoms with E-state index in [1.165, 1.54) is 5.56 Å². The van der Waals surface area contributed by atoms with Crippen LogP contribution in [-0.4, -0.2) is 24.9 Å². The van der Waals surface area contributed by atoms with Gasteiger partial charge in [-0.1, -0.05) is 25.5 Å². The highest BCUT2D eigenvalue weighted by Gasteiger charge is 2.09. The number of aliphatic hydroxyl groups excluding tert-OH is 1. The summed E-state index contributed by atoms with van der Waals surface area (Å²) in [6.45, 7) is 5.50. The molecule has 110 valence electrons. The molecule has 0 aromatic heterocycles. The lowest BCUT2D eigenvalue weighted by Gasteiger charge is -2.19. The highest BCUT2D eigenvalue weighted by Crippen LogP contribution is 2.18. The van der Waals surface area contributed by atoms with Crippen LogP contribution in [0.1, 0.15) is 38.3 Å². The van der Waals surface area contributed by atoms with Crippen molar-refractivity contribution >= 4 is 0 Å². The van der Waals surface area contributed by atoms with Crippen molar-refractivity contribution in [3.8, 4) is 11.8 Å². The molecular weight excluding hydrogens is 252 g/mol. The summed E-state index contributed by atoms with van der Waals surface area (Å²) in [4.78, 5) is 0. The number of aliphatic hydroxyl groups is 1. The first-order valence-electron chi connectivity index (χ1n) is 7.15. The predicted octanol–water partition coefficient (Wildman–Crippen LogP) is 2.65. The molecule has 0 radical (unpaired) electrons. The smallest absolute Gasteiger partial charge is 0.174 e. The van der Waals surface area contributed by atoms with E-state index in [0.29, 0.717) is 11.7 Å². The fraction of sp³-hybridized carbons (Fsp3) is 0.562. The molecule has 4 heteroatoms. The summed E-state index contributed by atoms with van der Waals surface area (Å²) in [5.41, 5.74) is 1.19. The molecule has 1 rings (SSSR count). The normalized spacial score (nSPS) is 13.5. The lowest BCUT2D eigenvalue weighted by Crippen LogP contribution is -2.26. The predicted molar refractivity (Wildman–Crippen MR) is 79.5 cm³/mol. The van der Waals surface area contributed by atoms with Crippen LogP contribution in [0.15, 0.2) is 24.3 Å². The number of hydrogen-bond donors (Lipinski definition) is 2. The maximum atomic E-state index is 8.99. The first-order valence-corrected chi connectivity index (χ1v) is 7.15. The van der Waals surface area contributed by atoms with E-state index in [9.17, 15) is 0 Å². The van der Waals surface area contributed by atoms with Crippen molar-refractivity contribution in [1.82, 2.24) is 5.32 Å². The third kappa shape index (κ3) is 5.60. The molecule has 2 atom stereocenters. The van der Waals surface area contributed by atoms with Crippen LogP contribution in [0.25, 0.3) is 0 Å². The van der Waals surface area contributed by atoms with Crippen LogP contribution in [0.5, 0.6) is 5.75 Å². The molecule has 0 aliphatic heterocycles. The Morgan fingerprint density at radius 3 is 2.60 bits per heavy atom. The molecule has 0 saturated heterocycles. The van der Waals surface area contributed by atoms with E-state index >= 15 is 0 Å². The molecule has 0 heterocycles. The Morgan fingerprint density at radius 2 is 2.05 bits per heavy atom. The quantitative estimate of drug-likeness (QED) is 0.727. The van der Waals surface area contributed by atoms with Crippen molar-refractivity contribution < 1.29 is 9.84 Å². The average Bonchev–Trinajstić information content (AvgIpc) is 2.49. The number of rotatable bonds is 9. The summed E-state index contributed by atoms with van der Waals surface area (Å²) in [5, 5.41) is 20.9. The highest BCUT2D eigenvalue weighted by atomic mass is 16.5. The molecule has 0 amide bonds. The minimum Gasteiger partial charge on any atom is -0.479 e. The third-order valence-electron chi connectivity index (χ3n) is 3.51. The van der Waals surface area contributed by atoms with Gasteiger partial charge in [0.1, 0.15) is 11.8 Å². The molecule has 1 aromatic carbocycles. The maximum absolute atomic E-state index is 8.99. The van der Waals surface area contributed by atoms with Gasteiger partial charge >= 0.3 is 0 Å². The minimum absolute atomic E-state index is 0.0759. The van der Waals surface area contributed by atoms with Gasteiger partial charge < -0.3 is 15.2 Å². The molecule has 20 heavy (non-hydrogen) atoms. The second-order valence-corrected chi connectivity index (χ2v) is 4.93. The lowest BCUT2D eigenvalue weighted by atomic mass is 10.0. The van der Waals surface area contributed by atoms with E-state index in [-0.39, 0.29) is 19.3 Å². The Hall–Kier alpha value is -1.57. The molecule has 2 unspecified atom stereocenters. The van der Waals surface area contributed by atoms with Crippen molar-refractivity contribution in [2.45, 2.75) is 32.7 Å². The minimum atomic E-state index is 0.0759. The van der Waals surface area contributed by atoms with E-state index in [0.717, 1.165) is 19.4 Å². The summed E-state index contributed by atoms with van der Waals surface area (Å²) in [7, 11) is 0. The molecule has 0 aliphatic carbocycles. The van der Waals surface area contributed by atoms with Crippen LogP contribution in [0.2, 0.25) is 0 Å². The Kier molecular flexibility index (Phi) is 7.71. The fourth-order valence-corrected chi connectivity index (χ4v) is 2.06. The molecule has 0 bridgehead atoms. The molecule has 0 fully saturated rings. The number of nitrogens with one attached hydrogen (secondary N) is 1. The van der Waals surface area contributed by atoms with Crippen LogP contribution in [0, 0.1) is 17.2 Å². The SMILES string of the molecule is CCC(CCO)CNC(C)c1ccc(OCC#N)cc1. The number of hydrogen-bond acceptors (Lipinski definition) is 4. The maximum Gasteiger partial charge on any atom is 0.174 e. The Bertz CT molecular complexity index is 411. The standard InChI is InChI=1S/C16H24N2O2/c1-3-14(8-10-19)12-18-13(2)15-4-6-16(7-5-15)20-11-9-17/h4-7,13-14,18-19H,3,8,10-12H2,1-2H3. The zero-order valence-corrected chi connectivity index (χ0v) is 12.3. The molecule has 4 nitrogen and oxygen atoms in total. The van der Waals surface area contributed by atoms with Crippen LogP contribution < -0.4 is 10.1 Å². The molecule has 2 N–H and O–H groups in total. The topological polar surface area (TPSA) is 65.3 Å². The van der Waals surface area contributed by atoms with Gasteiger partial charge in [0, 0.05) is 12.6 Å². The Balaban J connectivity index is 2.46. The van der Waals surface area contributed by atoms with Gasteiger partial charge in [0.05, 0.1) is 0 Å². The largest absolute Gasteiger partial charge is 0.479 e. The van der Waals surface area contributed by atoms with Gasteiger partial charge in [-0.2, -0.15) is 5.26 Å². The van der Waals surface area contributed by atoms with Gasteiger partial charge in [0.25, 0.3) is 0 Å². The van der Waals surface area contributed by atoms with Gasteiger partial charge in [0.2, 0.25) is 0 Å². The summed E-state index contributed by atoms with van der Waals surface area (Å²) in [6.07, 6.45) is 1.92. The van der Waals surface area contributed by atoms with Crippen LogP contribution in [0.3, 0.4) is 0 Å². The highest BCUT2D eigenvalue weighted by molar-refractivity contribution is 5.29. The summed E-state index contributed by atoms with van der Waals surface area (Å²) < 4.78 is 5.23. The molecule has 0 saturated carbocycles. The van der Waals surface area contributed by atoms with Crippen LogP contribution in [0.4, 0.5) is 0 Å². The third-order valence-corrected chi connectivity index (χ3v) is 3.51. The molecule has 0 spiro atoms. The first kappa shape index (κ1) is 16.5. The van der Waals surface area contributed by atoms with Gasteiger partial charge in [-0.25, -0.2) is 0 Å². The second-order valence-electron chi connectivity index (χ2n) is 4.93. The number of nitrogens with zero attached hydrogens (tertiary/aromatic N) is 1. The van der Waals surface area contributed by atoms with E-state index in [1.54, 1.807) is 0 Å². The molecule has 0 aliphatic rings. The van der Waals surface area contributed by atoms with Crippen molar-refractivity contribution in [3.05, 3.63) is 29.8 Å². The van der Waals surface area contributed by atoms with E-state index in [2.05, 4.69) is 19.2 Å². The van der Waals surface area contributed by atoms with Gasteiger partial charge in [-0.05, 0) is 43.5 Å². The lowest BCUT2D eigenvalue weighted by molar-refractivity contribution is 0.249. The van der Waals surface area contributed by atoms with Gasteiger partial charge in [-0.3, -0.25) is 0 Å². The van der Waals surface area contributed by atoms with E-state index < -0.39 is 0 Å². The number of ether oxygens (including phenoxy) is 1. The van der Waals surface area contributed by atoms with E-state index in [1.807, 2.05) is 30.3 Å². The van der Waals surface area contributed by atoms with Crippen molar-refractivity contribution in [2.24, 2.45) is 5.92 Å². The molecule has 1 aromatic rings. The Labute approximate surface area is 121 Å². The zero-order chi connectivity index (χ0) is 14.8. The van der Waals surface area contributed by atoms with Crippen LogP contribution >= 0.6 is 0 Å². The zero-order valence-electron chi connectivity index (χ0n) is 12.3. The van der Waals surface area contributed by atoms with Crippen molar-refractivity contribution in [1.29, 1.82) is 5.26 Å². The monoisotopic (exact) mass is 276 g/mol. The Morgan fingerprint density at radius 1 is 1.35 bits per heavy atom. The second kappa shape index (κ2) is 9.35. The van der Waals surface area contributed by atoms with Crippen LogP contribution in [-0.2, 0) is 0 Å². The van der Waals surface area contributed by atoms with Gasteiger partial charge in [-0.15, -0.1) is 0 Å². The van der Waals surface area contributed by atoms with Gasteiger partial charge in [0.15, 0.2) is 6.61 Å². The fourth-order valence-electron chi connectivity index (χ4n) is 2.06. The number of nitriles is 1. The van der Waals surface area contributed by atoms with Crippen molar-refractivity contribution in [2.75, 3.05) is 19.8 Å². The van der Waals surface area contributed by atoms with Crippen molar-refractivity contribution in [3.63, 3.8) is 0 Å². The average molecular weight is 276 g/mol. The summed E-state index contributed by atoms with van der Waals surface area (Å²) in [6, 6.07) is 10.00. The summed E-state index contributed by atoms with van der Waals surface area (Å²) >= 11 is 0.